The highest BCUT2D eigenvalue weighted by molar-refractivity contribution is 5.74. The van der Waals surface area contributed by atoms with E-state index in [4.69, 9.17) is 10.2 Å². The molecule has 1 rings (SSSR count). The van der Waals surface area contributed by atoms with Crippen molar-refractivity contribution in [3.63, 3.8) is 0 Å². The van der Waals surface area contributed by atoms with E-state index in [0.717, 1.165) is 0 Å². The smallest absolute Gasteiger partial charge is 0.312 e. The van der Waals surface area contributed by atoms with Crippen molar-refractivity contribution in [3.05, 3.63) is 29.8 Å². The Bertz CT molecular complexity index is 353. The molecule has 0 fully saturated rings. The van der Waals surface area contributed by atoms with Crippen molar-refractivity contribution < 1.29 is 20.1 Å². The highest BCUT2D eigenvalue weighted by atomic mass is 16.4. The molecule has 15 heavy (non-hydrogen) atoms. The zero-order valence-electron chi connectivity index (χ0n) is 8.64. The molecule has 0 radical (unpaired) electrons. The molecule has 0 saturated heterocycles. The van der Waals surface area contributed by atoms with Gasteiger partial charge in [-0.25, -0.2) is 0 Å². The number of aliphatic carboxylic acids is 1. The third kappa shape index (κ3) is 2.27. The minimum absolute atomic E-state index is 0.0825. The van der Waals surface area contributed by atoms with Gasteiger partial charge in [0.1, 0.15) is 5.75 Å². The summed E-state index contributed by atoms with van der Waals surface area (Å²) in [6.07, 6.45) is -1.10. The summed E-state index contributed by atoms with van der Waals surface area (Å²) in [5.74, 6) is -0.984. The van der Waals surface area contributed by atoms with Crippen molar-refractivity contribution in [3.8, 4) is 5.75 Å². The van der Waals surface area contributed by atoms with Crippen LogP contribution in [0.5, 0.6) is 5.75 Å². The van der Waals surface area contributed by atoms with Gasteiger partial charge in [0.2, 0.25) is 0 Å². The van der Waals surface area contributed by atoms with E-state index >= 15 is 0 Å². The molecule has 0 amide bonds. The second kappa shape index (κ2) is 3.90. The fourth-order valence-corrected chi connectivity index (χ4v) is 1.19. The van der Waals surface area contributed by atoms with E-state index in [1.54, 1.807) is 0 Å². The van der Waals surface area contributed by atoms with Crippen molar-refractivity contribution in [1.29, 1.82) is 0 Å². The maximum atomic E-state index is 10.9. The Morgan fingerprint density at radius 1 is 1.27 bits per heavy atom. The molecule has 3 N–H and O–H groups in total. The summed E-state index contributed by atoms with van der Waals surface area (Å²) in [5.41, 5.74) is -0.781. The predicted octanol–water partition coefficient (Wildman–Crippen LogP) is 1.54. The van der Waals surface area contributed by atoms with Gasteiger partial charge in [-0.1, -0.05) is 12.1 Å². The molecule has 0 aromatic heterocycles. The van der Waals surface area contributed by atoms with Crippen molar-refractivity contribution in [1.82, 2.24) is 0 Å². The van der Waals surface area contributed by atoms with Crippen LogP contribution in [-0.4, -0.2) is 21.3 Å². The number of aliphatic hydroxyl groups excluding tert-OH is 1. The molecule has 0 spiro atoms. The maximum absolute atomic E-state index is 10.9. The van der Waals surface area contributed by atoms with E-state index in [2.05, 4.69) is 0 Å². The number of aliphatic hydroxyl groups is 1. The van der Waals surface area contributed by atoms with Gasteiger partial charge in [0, 0.05) is 0 Å². The summed E-state index contributed by atoms with van der Waals surface area (Å²) in [4.78, 5) is 10.9. The molecule has 0 unspecified atom stereocenters. The van der Waals surface area contributed by atoms with Crippen LogP contribution < -0.4 is 0 Å². The van der Waals surface area contributed by atoms with Crippen molar-refractivity contribution in [2.75, 3.05) is 0 Å². The molecule has 0 aliphatic carbocycles. The van der Waals surface area contributed by atoms with Crippen LogP contribution in [0.25, 0.3) is 0 Å². The van der Waals surface area contributed by atoms with E-state index in [1.165, 1.54) is 38.1 Å². The molecular formula is C11H14O4. The largest absolute Gasteiger partial charge is 0.508 e. The SMILES string of the molecule is CC(C)(C(=O)O)[C@@H](O)c1ccc(O)cc1. The lowest BCUT2D eigenvalue weighted by molar-refractivity contribution is -0.153. The Balaban J connectivity index is 2.99. The highest BCUT2D eigenvalue weighted by Gasteiger charge is 2.36. The summed E-state index contributed by atoms with van der Waals surface area (Å²) >= 11 is 0. The summed E-state index contributed by atoms with van der Waals surface area (Å²) in [6, 6.07) is 5.84. The predicted molar refractivity (Wildman–Crippen MR) is 54.5 cm³/mol. The van der Waals surface area contributed by atoms with E-state index in [0.29, 0.717) is 5.56 Å². The number of hydrogen-bond donors (Lipinski definition) is 3. The van der Waals surface area contributed by atoms with E-state index in [-0.39, 0.29) is 5.75 Å². The van der Waals surface area contributed by atoms with Gasteiger partial charge >= 0.3 is 5.97 Å². The Labute approximate surface area is 87.8 Å². The summed E-state index contributed by atoms with van der Waals surface area (Å²) in [5, 5.41) is 27.8. The number of carbonyl (C=O) groups is 1. The monoisotopic (exact) mass is 210 g/mol. The number of aromatic hydroxyl groups is 1. The Morgan fingerprint density at radius 3 is 2.13 bits per heavy atom. The fraction of sp³-hybridized carbons (Fsp3) is 0.364. The van der Waals surface area contributed by atoms with Gasteiger partial charge in [0.25, 0.3) is 0 Å². The lowest BCUT2D eigenvalue weighted by Gasteiger charge is -2.26. The molecule has 0 heterocycles. The number of phenols is 1. The zero-order chi connectivity index (χ0) is 11.6. The van der Waals surface area contributed by atoms with Crippen molar-refractivity contribution in [2.24, 2.45) is 5.41 Å². The van der Waals surface area contributed by atoms with Crippen LogP contribution in [0, 0.1) is 5.41 Å². The van der Waals surface area contributed by atoms with E-state index in [9.17, 15) is 9.90 Å². The summed E-state index contributed by atoms with van der Waals surface area (Å²) in [6.45, 7) is 2.90. The molecular weight excluding hydrogens is 196 g/mol. The average Bonchev–Trinajstić information content (AvgIpc) is 2.17. The van der Waals surface area contributed by atoms with Crippen LogP contribution in [0.15, 0.2) is 24.3 Å². The molecule has 0 saturated carbocycles. The molecule has 1 aromatic rings. The minimum Gasteiger partial charge on any atom is -0.508 e. The quantitative estimate of drug-likeness (QED) is 0.707. The van der Waals surface area contributed by atoms with E-state index in [1.807, 2.05) is 0 Å². The number of hydrogen-bond acceptors (Lipinski definition) is 3. The number of carboxylic acids is 1. The fourth-order valence-electron chi connectivity index (χ4n) is 1.19. The zero-order valence-corrected chi connectivity index (χ0v) is 8.64. The van der Waals surface area contributed by atoms with Gasteiger partial charge in [0.15, 0.2) is 0 Å². The first-order valence-electron chi connectivity index (χ1n) is 4.56. The molecule has 4 nitrogen and oxygen atoms in total. The van der Waals surface area contributed by atoms with Gasteiger partial charge in [-0.3, -0.25) is 4.79 Å². The second-order valence-electron chi connectivity index (χ2n) is 4.02. The Morgan fingerprint density at radius 2 is 1.73 bits per heavy atom. The van der Waals surface area contributed by atoms with Crippen LogP contribution in [0.4, 0.5) is 0 Å². The van der Waals surface area contributed by atoms with Gasteiger partial charge < -0.3 is 15.3 Å². The van der Waals surface area contributed by atoms with Gasteiger partial charge in [-0.05, 0) is 31.5 Å². The van der Waals surface area contributed by atoms with Crippen LogP contribution in [0.3, 0.4) is 0 Å². The standard InChI is InChI=1S/C11H14O4/c1-11(2,10(14)15)9(13)7-3-5-8(12)6-4-7/h3-6,9,12-13H,1-2H3,(H,14,15)/t9-/m0/s1. The first-order valence-corrected chi connectivity index (χ1v) is 4.56. The van der Waals surface area contributed by atoms with Crippen LogP contribution in [0.1, 0.15) is 25.5 Å². The van der Waals surface area contributed by atoms with Crippen molar-refractivity contribution >= 4 is 5.97 Å². The molecule has 0 aliphatic rings. The van der Waals surface area contributed by atoms with E-state index < -0.39 is 17.5 Å². The Kier molecular flexibility index (Phi) is 3.00. The number of rotatable bonds is 3. The number of benzene rings is 1. The first kappa shape index (κ1) is 11.5. The third-order valence-corrected chi connectivity index (χ3v) is 2.44. The van der Waals surface area contributed by atoms with Gasteiger partial charge in [-0.15, -0.1) is 0 Å². The Hall–Kier alpha value is -1.55. The number of carboxylic acid groups (broad SMARTS) is 1. The lowest BCUT2D eigenvalue weighted by atomic mass is 9.83. The molecule has 1 atom stereocenters. The third-order valence-electron chi connectivity index (χ3n) is 2.44. The molecule has 1 aromatic carbocycles. The van der Waals surface area contributed by atoms with Gasteiger partial charge in [0.05, 0.1) is 11.5 Å². The minimum atomic E-state index is -1.25. The molecule has 0 aliphatic heterocycles. The average molecular weight is 210 g/mol. The lowest BCUT2D eigenvalue weighted by Crippen LogP contribution is -2.31. The highest BCUT2D eigenvalue weighted by Crippen LogP contribution is 2.33. The second-order valence-corrected chi connectivity index (χ2v) is 4.02. The van der Waals surface area contributed by atoms with Crippen molar-refractivity contribution in [2.45, 2.75) is 20.0 Å². The molecule has 4 heteroatoms. The topological polar surface area (TPSA) is 77.8 Å². The van der Waals surface area contributed by atoms with Crippen LogP contribution in [0.2, 0.25) is 0 Å². The molecule has 0 bridgehead atoms. The number of phenolic OH excluding ortho intramolecular Hbond substituents is 1. The van der Waals surface area contributed by atoms with Crippen LogP contribution >= 0.6 is 0 Å². The van der Waals surface area contributed by atoms with Crippen LogP contribution in [-0.2, 0) is 4.79 Å². The van der Waals surface area contributed by atoms with Gasteiger partial charge in [-0.2, -0.15) is 0 Å². The normalized spacial score (nSPS) is 13.5. The summed E-state index contributed by atoms with van der Waals surface area (Å²) < 4.78 is 0. The summed E-state index contributed by atoms with van der Waals surface area (Å²) in [7, 11) is 0. The maximum Gasteiger partial charge on any atom is 0.312 e. The first-order chi connectivity index (χ1) is 6.85. The molecule has 82 valence electrons.